The first-order valence-corrected chi connectivity index (χ1v) is 7.03. The van der Waals surface area contributed by atoms with E-state index in [2.05, 4.69) is 29.1 Å². The molecule has 5 heteroatoms. The van der Waals surface area contributed by atoms with Crippen molar-refractivity contribution >= 4 is 22.7 Å². The molecule has 0 saturated heterocycles. The molecule has 0 aliphatic heterocycles. The summed E-state index contributed by atoms with van der Waals surface area (Å²) in [6, 6.07) is 7.53. The Kier molecular flexibility index (Phi) is 4.16. The lowest BCUT2D eigenvalue weighted by molar-refractivity contribution is -0.385. The zero-order valence-corrected chi connectivity index (χ0v) is 11.7. The highest BCUT2D eigenvalue weighted by Gasteiger charge is 2.11. The Labute approximate surface area is 116 Å². The highest BCUT2D eigenvalue weighted by atomic mass is 32.1. The summed E-state index contributed by atoms with van der Waals surface area (Å²) in [5.74, 6) is 0. The fourth-order valence-corrected chi connectivity index (χ4v) is 2.73. The van der Waals surface area contributed by atoms with Crippen LogP contribution in [0.5, 0.6) is 0 Å². The van der Waals surface area contributed by atoms with Gasteiger partial charge in [-0.05, 0) is 54.8 Å². The summed E-state index contributed by atoms with van der Waals surface area (Å²) in [5, 5.41) is 18.3. The lowest BCUT2D eigenvalue weighted by atomic mass is 10.1. The first kappa shape index (κ1) is 13.5. The maximum Gasteiger partial charge on any atom is 0.272 e. The van der Waals surface area contributed by atoms with E-state index in [1.807, 2.05) is 6.07 Å². The van der Waals surface area contributed by atoms with Crippen molar-refractivity contribution in [3.63, 3.8) is 0 Å². The first-order valence-electron chi connectivity index (χ1n) is 6.09. The molecule has 100 valence electrons. The molecule has 4 nitrogen and oxygen atoms in total. The van der Waals surface area contributed by atoms with Crippen molar-refractivity contribution in [2.24, 2.45) is 0 Å². The number of nitrogens with zero attached hydrogens (tertiary/aromatic N) is 1. The van der Waals surface area contributed by atoms with E-state index in [9.17, 15) is 10.1 Å². The molecule has 1 N–H and O–H groups in total. The van der Waals surface area contributed by atoms with Gasteiger partial charge in [-0.1, -0.05) is 0 Å². The van der Waals surface area contributed by atoms with Gasteiger partial charge < -0.3 is 5.32 Å². The summed E-state index contributed by atoms with van der Waals surface area (Å²) in [6.45, 7) is 3.86. The topological polar surface area (TPSA) is 55.2 Å². The summed E-state index contributed by atoms with van der Waals surface area (Å²) in [4.78, 5) is 10.4. The van der Waals surface area contributed by atoms with E-state index >= 15 is 0 Å². The zero-order valence-electron chi connectivity index (χ0n) is 10.9. The Morgan fingerprint density at radius 2 is 2.21 bits per heavy atom. The second-order valence-electron chi connectivity index (χ2n) is 4.64. The molecule has 0 amide bonds. The van der Waals surface area contributed by atoms with Gasteiger partial charge in [0.25, 0.3) is 5.69 Å². The minimum atomic E-state index is -0.353. The van der Waals surface area contributed by atoms with Crippen molar-refractivity contribution in [3.05, 3.63) is 56.3 Å². The predicted molar refractivity (Wildman–Crippen MR) is 78.9 cm³/mol. The van der Waals surface area contributed by atoms with Gasteiger partial charge in [0.1, 0.15) is 0 Å². The second kappa shape index (κ2) is 5.84. The minimum absolute atomic E-state index is 0.163. The largest absolute Gasteiger partial charge is 0.382 e. The molecule has 1 heterocycles. The van der Waals surface area contributed by atoms with Crippen molar-refractivity contribution in [1.29, 1.82) is 0 Å². The normalized spacial score (nSPS) is 12.1. The standard InChI is InChI=1S/C14H16N2O2S/c1-10-7-13(3-4-14(10)16(17)18)15-11(2)8-12-5-6-19-9-12/h3-7,9,11,15H,8H2,1-2H3. The maximum absolute atomic E-state index is 10.8. The van der Waals surface area contributed by atoms with Crippen LogP contribution in [0.2, 0.25) is 0 Å². The van der Waals surface area contributed by atoms with E-state index in [0.717, 1.165) is 12.1 Å². The van der Waals surface area contributed by atoms with Crippen LogP contribution in [0.15, 0.2) is 35.0 Å². The lowest BCUT2D eigenvalue weighted by Crippen LogP contribution is -2.17. The third-order valence-electron chi connectivity index (χ3n) is 2.93. The van der Waals surface area contributed by atoms with Crippen LogP contribution in [-0.4, -0.2) is 11.0 Å². The molecular weight excluding hydrogens is 260 g/mol. The van der Waals surface area contributed by atoms with Gasteiger partial charge in [0.15, 0.2) is 0 Å². The Morgan fingerprint density at radius 3 is 2.79 bits per heavy atom. The molecular formula is C14H16N2O2S. The van der Waals surface area contributed by atoms with Crippen LogP contribution in [0.4, 0.5) is 11.4 Å². The Bertz CT molecular complexity index is 567. The molecule has 0 fully saturated rings. The third-order valence-corrected chi connectivity index (χ3v) is 3.66. The number of hydrogen-bond donors (Lipinski definition) is 1. The molecule has 1 aromatic heterocycles. The van der Waals surface area contributed by atoms with Gasteiger partial charge in [0, 0.05) is 23.4 Å². The number of benzene rings is 1. The van der Waals surface area contributed by atoms with Gasteiger partial charge in [-0.2, -0.15) is 11.3 Å². The average molecular weight is 276 g/mol. The highest BCUT2D eigenvalue weighted by molar-refractivity contribution is 7.07. The Hall–Kier alpha value is -1.88. The SMILES string of the molecule is Cc1cc(NC(C)Cc2ccsc2)ccc1[N+](=O)[O-]. The number of thiophene rings is 1. The van der Waals surface area contributed by atoms with Crippen molar-refractivity contribution < 1.29 is 4.92 Å². The Morgan fingerprint density at radius 1 is 1.42 bits per heavy atom. The van der Waals surface area contributed by atoms with Gasteiger partial charge in [0.2, 0.25) is 0 Å². The number of aryl methyl sites for hydroxylation is 1. The quantitative estimate of drug-likeness (QED) is 0.663. The molecule has 0 aliphatic rings. The molecule has 0 bridgehead atoms. The van der Waals surface area contributed by atoms with E-state index in [-0.39, 0.29) is 16.7 Å². The fourth-order valence-electron chi connectivity index (χ4n) is 2.05. The minimum Gasteiger partial charge on any atom is -0.382 e. The number of anilines is 1. The molecule has 2 aromatic rings. The molecule has 1 unspecified atom stereocenters. The first-order chi connectivity index (χ1) is 9.06. The summed E-state index contributed by atoms with van der Waals surface area (Å²) < 4.78 is 0. The Balaban J connectivity index is 2.03. The summed E-state index contributed by atoms with van der Waals surface area (Å²) >= 11 is 1.69. The molecule has 0 aliphatic carbocycles. The number of nitro benzene ring substituents is 1. The van der Waals surface area contributed by atoms with Crippen LogP contribution in [0, 0.1) is 17.0 Å². The van der Waals surface area contributed by atoms with Crippen LogP contribution < -0.4 is 5.32 Å². The third kappa shape index (κ3) is 3.54. The van der Waals surface area contributed by atoms with Crippen molar-refractivity contribution in [2.45, 2.75) is 26.3 Å². The van der Waals surface area contributed by atoms with Crippen LogP contribution in [0.3, 0.4) is 0 Å². The molecule has 0 saturated carbocycles. The van der Waals surface area contributed by atoms with Crippen molar-refractivity contribution in [3.8, 4) is 0 Å². The van der Waals surface area contributed by atoms with Crippen LogP contribution in [-0.2, 0) is 6.42 Å². The van der Waals surface area contributed by atoms with Gasteiger partial charge in [0.05, 0.1) is 4.92 Å². The van der Waals surface area contributed by atoms with E-state index in [4.69, 9.17) is 0 Å². The maximum atomic E-state index is 10.8. The van der Waals surface area contributed by atoms with Crippen LogP contribution in [0.1, 0.15) is 18.1 Å². The van der Waals surface area contributed by atoms with E-state index < -0.39 is 0 Å². The van der Waals surface area contributed by atoms with Crippen molar-refractivity contribution in [2.75, 3.05) is 5.32 Å². The molecule has 0 radical (unpaired) electrons. The average Bonchev–Trinajstić information content (AvgIpc) is 2.81. The highest BCUT2D eigenvalue weighted by Crippen LogP contribution is 2.22. The molecule has 2 rings (SSSR count). The number of nitro groups is 1. The molecule has 1 aromatic carbocycles. The van der Waals surface area contributed by atoms with E-state index in [0.29, 0.717) is 5.56 Å². The van der Waals surface area contributed by atoms with Gasteiger partial charge in [-0.15, -0.1) is 0 Å². The second-order valence-corrected chi connectivity index (χ2v) is 5.42. The smallest absolute Gasteiger partial charge is 0.272 e. The zero-order chi connectivity index (χ0) is 13.8. The van der Waals surface area contributed by atoms with Crippen molar-refractivity contribution in [1.82, 2.24) is 0 Å². The van der Waals surface area contributed by atoms with Gasteiger partial charge in [-0.25, -0.2) is 0 Å². The molecule has 1 atom stereocenters. The van der Waals surface area contributed by atoms with Gasteiger partial charge >= 0.3 is 0 Å². The molecule has 19 heavy (non-hydrogen) atoms. The molecule has 0 spiro atoms. The van der Waals surface area contributed by atoms with Crippen LogP contribution >= 0.6 is 11.3 Å². The fraction of sp³-hybridized carbons (Fsp3) is 0.286. The number of rotatable bonds is 5. The van der Waals surface area contributed by atoms with Gasteiger partial charge in [-0.3, -0.25) is 10.1 Å². The monoisotopic (exact) mass is 276 g/mol. The predicted octanol–water partition coefficient (Wildman–Crippen LogP) is 4.01. The summed E-state index contributed by atoms with van der Waals surface area (Å²) in [7, 11) is 0. The summed E-state index contributed by atoms with van der Waals surface area (Å²) in [6.07, 6.45) is 0.944. The van der Waals surface area contributed by atoms with E-state index in [1.54, 1.807) is 30.4 Å². The van der Waals surface area contributed by atoms with Crippen LogP contribution in [0.25, 0.3) is 0 Å². The number of nitrogens with one attached hydrogen (secondary N) is 1. The number of hydrogen-bond acceptors (Lipinski definition) is 4. The summed E-state index contributed by atoms with van der Waals surface area (Å²) in [5.41, 5.74) is 3.07. The van der Waals surface area contributed by atoms with E-state index in [1.165, 1.54) is 5.56 Å². The lowest BCUT2D eigenvalue weighted by Gasteiger charge is -2.15.